The molecule has 2 amide bonds. The zero-order valence-corrected chi connectivity index (χ0v) is 20.3. The standard InChI is InChI=1S/C24H27N5O3S/c1-12-7-8-19(25-17(6)30)18(11-12)21-23(32)27-24(29-28-21)33-16(5)22(31)26-20-14(3)9-13(2)10-15(20)4/h7-11,16H,1-6H3,(H,25,30)(H,26,31)(H,27,29,32)/t16-/m1/s1. The molecule has 9 heteroatoms. The highest BCUT2D eigenvalue weighted by molar-refractivity contribution is 8.00. The molecule has 1 aromatic heterocycles. The molecule has 0 aliphatic carbocycles. The second kappa shape index (κ2) is 9.99. The summed E-state index contributed by atoms with van der Waals surface area (Å²) in [6.07, 6.45) is 0. The lowest BCUT2D eigenvalue weighted by atomic mass is 10.1. The first-order valence-corrected chi connectivity index (χ1v) is 11.3. The van der Waals surface area contributed by atoms with Crippen LogP contribution in [-0.2, 0) is 9.59 Å². The lowest BCUT2D eigenvalue weighted by molar-refractivity contribution is -0.115. The number of amides is 2. The maximum absolute atomic E-state index is 12.8. The summed E-state index contributed by atoms with van der Waals surface area (Å²) in [6, 6.07) is 9.35. The summed E-state index contributed by atoms with van der Waals surface area (Å²) in [5.74, 6) is -0.455. The minimum Gasteiger partial charge on any atom is -0.326 e. The van der Waals surface area contributed by atoms with Crippen LogP contribution in [0.15, 0.2) is 40.3 Å². The van der Waals surface area contributed by atoms with Gasteiger partial charge in [0.25, 0.3) is 5.56 Å². The van der Waals surface area contributed by atoms with E-state index in [9.17, 15) is 14.4 Å². The lowest BCUT2D eigenvalue weighted by Gasteiger charge is -2.16. The molecular formula is C24H27N5O3S. The smallest absolute Gasteiger partial charge is 0.278 e. The molecule has 3 rings (SSSR count). The zero-order chi connectivity index (χ0) is 24.3. The third kappa shape index (κ3) is 5.87. The fourth-order valence-corrected chi connectivity index (χ4v) is 4.27. The topological polar surface area (TPSA) is 117 Å². The summed E-state index contributed by atoms with van der Waals surface area (Å²) in [5.41, 5.74) is 5.40. The number of anilines is 2. The van der Waals surface area contributed by atoms with E-state index in [1.165, 1.54) is 6.92 Å². The molecule has 1 atom stereocenters. The Labute approximate surface area is 196 Å². The Morgan fingerprint density at radius 1 is 0.970 bits per heavy atom. The van der Waals surface area contributed by atoms with E-state index in [1.54, 1.807) is 19.1 Å². The van der Waals surface area contributed by atoms with Gasteiger partial charge >= 0.3 is 0 Å². The lowest BCUT2D eigenvalue weighted by Crippen LogP contribution is -2.24. The first-order valence-electron chi connectivity index (χ1n) is 10.5. The minimum absolute atomic E-state index is 0.0924. The number of carbonyl (C=O) groups excluding carboxylic acids is 2. The molecule has 2 aromatic carbocycles. The molecule has 172 valence electrons. The molecule has 3 N–H and O–H groups in total. The SMILES string of the molecule is CC(=O)Nc1ccc(C)cc1-c1nnc(S[C@H](C)C(=O)Nc2c(C)cc(C)cc2C)[nH]c1=O. The van der Waals surface area contributed by atoms with Crippen LogP contribution in [0.4, 0.5) is 11.4 Å². The van der Waals surface area contributed by atoms with Crippen LogP contribution < -0.4 is 16.2 Å². The summed E-state index contributed by atoms with van der Waals surface area (Å²) in [7, 11) is 0. The maximum Gasteiger partial charge on any atom is 0.278 e. The average molecular weight is 466 g/mol. The summed E-state index contributed by atoms with van der Waals surface area (Å²) >= 11 is 1.11. The number of hydrogen-bond acceptors (Lipinski definition) is 6. The number of H-pyrrole nitrogens is 1. The van der Waals surface area contributed by atoms with E-state index in [2.05, 4.69) is 25.8 Å². The highest BCUT2D eigenvalue weighted by atomic mass is 32.2. The summed E-state index contributed by atoms with van der Waals surface area (Å²) in [4.78, 5) is 39.7. The van der Waals surface area contributed by atoms with Crippen molar-refractivity contribution in [1.29, 1.82) is 0 Å². The van der Waals surface area contributed by atoms with Crippen molar-refractivity contribution in [3.63, 3.8) is 0 Å². The third-order valence-corrected chi connectivity index (χ3v) is 5.97. The number of carbonyl (C=O) groups is 2. The molecule has 0 aliphatic rings. The van der Waals surface area contributed by atoms with Gasteiger partial charge in [-0.3, -0.25) is 19.4 Å². The predicted molar refractivity (Wildman–Crippen MR) is 132 cm³/mol. The van der Waals surface area contributed by atoms with Gasteiger partial charge in [-0.2, -0.15) is 0 Å². The molecule has 0 unspecified atom stereocenters. The molecule has 0 aliphatic heterocycles. The van der Waals surface area contributed by atoms with Crippen molar-refractivity contribution in [3.05, 3.63) is 62.9 Å². The Bertz CT molecular complexity index is 1260. The van der Waals surface area contributed by atoms with Gasteiger partial charge in [-0.15, -0.1) is 10.2 Å². The molecule has 0 saturated carbocycles. The van der Waals surface area contributed by atoms with Crippen molar-refractivity contribution in [2.75, 3.05) is 10.6 Å². The summed E-state index contributed by atoms with van der Waals surface area (Å²) in [5, 5.41) is 13.6. The second-order valence-electron chi connectivity index (χ2n) is 8.06. The first kappa shape index (κ1) is 24.2. The Morgan fingerprint density at radius 3 is 2.24 bits per heavy atom. The molecule has 0 fully saturated rings. The van der Waals surface area contributed by atoms with Crippen LogP contribution in [-0.4, -0.2) is 32.2 Å². The van der Waals surface area contributed by atoms with Crippen molar-refractivity contribution in [1.82, 2.24) is 15.2 Å². The van der Waals surface area contributed by atoms with E-state index in [4.69, 9.17) is 0 Å². The van der Waals surface area contributed by atoms with E-state index >= 15 is 0 Å². The van der Waals surface area contributed by atoms with Crippen molar-refractivity contribution in [2.45, 2.75) is 51.9 Å². The monoisotopic (exact) mass is 465 g/mol. The van der Waals surface area contributed by atoms with Gasteiger partial charge in [-0.25, -0.2) is 0 Å². The van der Waals surface area contributed by atoms with Crippen molar-refractivity contribution in [3.8, 4) is 11.3 Å². The number of aryl methyl sites for hydroxylation is 4. The van der Waals surface area contributed by atoms with Crippen LogP contribution in [0.5, 0.6) is 0 Å². The van der Waals surface area contributed by atoms with Crippen molar-refractivity contribution < 1.29 is 9.59 Å². The van der Waals surface area contributed by atoms with E-state index in [1.807, 2.05) is 45.9 Å². The highest BCUT2D eigenvalue weighted by Crippen LogP contribution is 2.27. The number of aromatic nitrogens is 3. The van der Waals surface area contributed by atoms with Gasteiger partial charge in [0.05, 0.1) is 10.9 Å². The molecule has 0 bridgehead atoms. The molecule has 0 spiro atoms. The average Bonchev–Trinajstić information content (AvgIpc) is 2.71. The number of aromatic amines is 1. The van der Waals surface area contributed by atoms with Crippen LogP contribution in [0.1, 0.15) is 36.1 Å². The Balaban J connectivity index is 1.80. The second-order valence-corrected chi connectivity index (χ2v) is 9.39. The van der Waals surface area contributed by atoms with Crippen LogP contribution in [0.3, 0.4) is 0 Å². The fraction of sp³-hybridized carbons (Fsp3) is 0.292. The van der Waals surface area contributed by atoms with Crippen molar-refractivity contribution in [2.24, 2.45) is 0 Å². The Kier molecular flexibility index (Phi) is 7.33. The minimum atomic E-state index is -0.519. The van der Waals surface area contributed by atoms with E-state index in [0.29, 0.717) is 11.3 Å². The van der Waals surface area contributed by atoms with Gasteiger partial charge in [0.15, 0.2) is 10.9 Å². The van der Waals surface area contributed by atoms with Gasteiger partial charge in [-0.05, 0) is 57.9 Å². The number of benzene rings is 2. The quantitative estimate of drug-likeness (QED) is 0.471. The molecule has 8 nitrogen and oxygen atoms in total. The number of nitrogens with one attached hydrogen (secondary N) is 3. The van der Waals surface area contributed by atoms with Crippen molar-refractivity contribution >= 4 is 35.0 Å². The van der Waals surface area contributed by atoms with Gasteiger partial charge in [0.2, 0.25) is 11.8 Å². The van der Waals surface area contributed by atoms with Crippen LogP contribution in [0, 0.1) is 27.7 Å². The molecular weight excluding hydrogens is 438 g/mol. The molecule has 0 saturated heterocycles. The molecule has 0 radical (unpaired) electrons. The molecule has 1 heterocycles. The summed E-state index contributed by atoms with van der Waals surface area (Å²) < 4.78 is 0. The third-order valence-electron chi connectivity index (χ3n) is 5.00. The van der Waals surface area contributed by atoms with Gasteiger partial charge in [0.1, 0.15) is 0 Å². The number of rotatable bonds is 6. The number of thioether (sulfide) groups is 1. The van der Waals surface area contributed by atoms with Gasteiger partial charge in [0, 0.05) is 18.2 Å². The van der Waals surface area contributed by atoms with Gasteiger partial charge in [-0.1, -0.05) is 41.1 Å². The zero-order valence-electron chi connectivity index (χ0n) is 19.5. The number of hydrogen-bond donors (Lipinski definition) is 3. The predicted octanol–water partition coefficient (Wildman–Crippen LogP) is 4.14. The molecule has 3 aromatic rings. The van der Waals surface area contributed by atoms with E-state index in [0.717, 1.165) is 39.7 Å². The molecule has 33 heavy (non-hydrogen) atoms. The highest BCUT2D eigenvalue weighted by Gasteiger charge is 2.19. The normalized spacial score (nSPS) is 11.7. The van der Waals surface area contributed by atoms with Crippen LogP contribution >= 0.6 is 11.8 Å². The maximum atomic E-state index is 12.8. The Morgan fingerprint density at radius 2 is 1.64 bits per heavy atom. The van der Waals surface area contributed by atoms with Crippen LogP contribution in [0.25, 0.3) is 11.3 Å². The summed E-state index contributed by atoms with van der Waals surface area (Å²) in [6.45, 7) is 10.9. The van der Waals surface area contributed by atoms with Gasteiger partial charge < -0.3 is 10.6 Å². The largest absolute Gasteiger partial charge is 0.326 e. The van der Waals surface area contributed by atoms with E-state index in [-0.39, 0.29) is 22.7 Å². The van der Waals surface area contributed by atoms with E-state index < -0.39 is 10.8 Å². The number of nitrogens with zero attached hydrogens (tertiary/aromatic N) is 2. The fourth-order valence-electron chi connectivity index (χ4n) is 3.53. The Hall–Kier alpha value is -3.46. The first-order chi connectivity index (χ1) is 15.5. The van der Waals surface area contributed by atoms with Crippen LogP contribution in [0.2, 0.25) is 0 Å².